The number of carbonyl (C=O) groups is 1. The zero-order chi connectivity index (χ0) is 12.1. The molecule has 0 saturated carbocycles. The Kier molecular flexibility index (Phi) is 4.46. The summed E-state index contributed by atoms with van der Waals surface area (Å²) in [4.78, 5) is 11.6. The maximum atomic E-state index is 11.6. The number of ether oxygens (including phenoxy) is 1. The monoisotopic (exact) mass is 225 g/mol. The van der Waals surface area contributed by atoms with Gasteiger partial charge in [0.25, 0.3) is 0 Å². The molecule has 1 unspecified atom stereocenters. The number of rotatable bonds is 5. The van der Waals surface area contributed by atoms with Crippen molar-refractivity contribution in [1.29, 1.82) is 0 Å². The van der Waals surface area contributed by atoms with Crippen LogP contribution in [0, 0.1) is 12.8 Å². The van der Waals surface area contributed by atoms with E-state index in [1.54, 1.807) is 6.92 Å². The summed E-state index contributed by atoms with van der Waals surface area (Å²) in [5.74, 6) is 1.15. The van der Waals surface area contributed by atoms with Crippen LogP contribution in [0.5, 0.6) is 0 Å². The molecule has 0 fully saturated rings. The molecule has 1 heterocycles. The van der Waals surface area contributed by atoms with Crippen LogP contribution in [0.2, 0.25) is 0 Å². The summed E-state index contributed by atoms with van der Waals surface area (Å²) in [6.45, 7) is 8.98. The van der Waals surface area contributed by atoms with E-state index in [9.17, 15) is 4.79 Å². The largest absolute Gasteiger partial charge is 0.460 e. The number of nitrogens with zero attached hydrogens (tertiary/aromatic N) is 3. The zero-order valence-electron chi connectivity index (χ0n) is 10.4. The molecule has 0 aliphatic rings. The summed E-state index contributed by atoms with van der Waals surface area (Å²) in [6.07, 6.45) is 1.06. The van der Waals surface area contributed by atoms with Crippen LogP contribution < -0.4 is 0 Å². The van der Waals surface area contributed by atoms with Gasteiger partial charge >= 0.3 is 5.97 Å². The van der Waals surface area contributed by atoms with Crippen molar-refractivity contribution in [3.63, 3.8) is 0 Å². The van der Waals surface area contributed by atoms with Gasteiger partial charge in [-0.2, -0.15) is 0 Å². The molecular formula is C11H19N3O2. The molecule has 1 atom stereocenters. The van der Waals surface area contributed by atoms with Crippen LogP contribution in [0.3, 0.4) is 0 Å². The number of hydrogen-bond donors (Lipinski definition) is 0. The van der Waals surface area contributed by atoms with Crippen LogP contribution >= 0.6 is 0 Å². The molecule has 0 aliphatic carbocycles. The normalized spacial score (nSPS) is 12.5. The molecule has 0 aliphatic heterocycles. The van der Waals surface area contributed by atoms with Crippen LogP contribution in [-0.4, -0.2) is 27.3 Å². The lowest BCUT2D eigenvalue weighted by atomic mass is 10.1. The van der Waals surface area contributed by atoms with Gasteiger partial charge in [0.1, 0.15) is 5.82 Å². The highest BCUT2D eigenvalue weighted by molar-refractivity contribution is 5.85. The summed E-state index contributed by atoms with van der Waals surface area (Å²) >= 11 is 0. The van der Waals surface area contributed by atoms with Crippen molar-refractivity contribution in [2.45, 2.75) is 40.7 Å². The number of hydrogen-bond acceptors (Lipinski definition) is 4. The molecule has 1 aromatic rings. The molecule has 5 heteroatoms. The van der Waals surface area contributed by atoms with Crippen molar-refractivity contribution in [1.82, 2.24) is 14.8 Å². The second-order valence-corrected chi connectivity index (χ2v) is 3.92. The van der Waals surface area contributed by atoms with Crippen LogP contribution in [0.15, 0.2) is 0 Å². The van der Waals surface area contributed by atoms with E-state index in [4.69, 9.17) is 4.74 Å². The summed E-state index contributed by atoms with van der Waals surface area (Å²) in [6, 6.07) is 0. The molecule has 0 radical (unpaired) electrons. The van der Waals surface area contributed by atoms with Gasteiger partial charge < -0.3 is 9.30 Å². The molecule has 5 nitrogen and oxygen atoms in total. The van der Waals surface area contributed by atoms with E-state index in [-0.39, 0.29) is 0 Å². The fourth-order valence-corrected chi connectivity index (χ4v) is 1.39. The Morgan fingerprint density at radius 2 is 2.12 bits per heavy atom. The van der Waals surface area contributed by atoms with Crippen LogP contribution in [0.25, 0.3) is 0 Å². The molecule has 90 valence electrons. The highest BCUT2D eigenvalue weighted by Crippen LogP contribution is 2.10. The average Bonchev–Trinajstić information content (AvgIpc) is 2.61. The number of aromatic nitrogens is 3. The predicted molar refractivity (Wildman–Crippen MR) is 60.2 cm³/mol. The van der Waals surface area contributed by atoms with Gasteiger partial charge in [0.05, 0.1) is 6.61 Å². The first kappa shape index (κ1) is 12.7. The van der Waals surface area contributed by atoms with E-state index in [0.29, 0.717) is 18.3 Å². The minimum Gasteiger partial charge on any atom is -0.460 e. The maximum Gasteiger partial charge on any atom is 0.376 e. The molecule has 0 saturated heterocycles. The highest BCUT2D eigenvalue weighted by Gasteiger charge is 2.18. The average molecular weight is 225 g/mol. The summed E-state index contributed by atoms with van der Waals surface area (Å²) < 4.78 is 6.76. The Balaban J connectivity index is 2.89. The van der Waals surface area contributed by atoms with E-state index < -0.39 is 5.97 Å². The SMILES string of the molecule is CCOC(=O)c1nnc(C)n1CC(C)CC. The topological polar surface area (TPSA) is 57.0 Å². The van der Waals surface area contributed by atoms with Gasteiger partial charge in [-0.25, -0.2) is 4.79 Å². The Bertz CT molecular complexity index is 360. The third kappa shape index (κ3) is 2.81. The Hall–Kier alpha value is -1.39. The van der Waals surface area contributed by atoms with Crippen LogP contribution in [0.1, 0.15) is 43.6 Å². The number of aryl methyl sites for hydroxylation is 1. The van der Waals surface area contributed by atoms with Crippen molar-refractivity contribution in [3.8, 4) is 0 Å². The molecule has 0 amide bonds. The predicted octanol–water partition coefficient (Wildman–Crippen LogP) is 1.81. The lowest BCUT2D eigenvalue weighted by Crippen LogP contribution is -2.17. The standard InChI is InChI=1S/C11H19N3O2/c1-5-8(3)7-14-9(4)12-13-10(14)11(15)16-6-2/h8H,5-7H2,1-4H3. The first-order valence-electron chi connectivity index (χ1n) is 5.67. The minimum absolute atomic E-state index is 0.305. The number of carbonyl (C=O) groups excluding carboxylic acids is 1. The maximum absolute atomic E-state index is 11.6. The molecule has 0 N–H and O–H groups in total. The summed E-state index contributed by atoms with van der Waals surface area (Å²) in [7, 11) is 0. The second kappa shape index (κ2) is 5.63. The van der Waals surface area contributed by atoms with E-state index in [2.05, 4.69) is 24.0 Å². The van der Waals surface area contributed by atoms with Crippen LogP contribution in [0.4, 0.5) is 0 Å². The Labute approximate surface area is 95.8 Å². The molecule has 1 aromatic heterocycles. The quantitative estimate of drug-likeness (QED) is 0.717. The first-order valence-corrected chi connectivity index (χ1v) is 5.67. The summed E-state index contributed by atoms with van der Waals surface area (Å²) in [5, 5.41) is 7.78. The van der Waals surface area contributed by atoms with E-state index in [1.165, 1.54) is 0 Å². The third-order valence-corrected chi connectivity index (χ3v) is 2.58. The van der Waals surface area contributed by atoms with Crippen molar-refractivity contribution >= 4 is 5.97 Å². The van der Waals surface area contributed by atoms with E-state index in [1.807, 2.05) is 11.5 Å². The molecule has 1 rings (SSSR count). The lowest BCUT2D eigenvalue weighted by Gasteiger charge is -2.12. The van der Waals surface area contributed by atoms with Gasteiger partial charge in [0.2, 0.25) is 5.82 Å². The summed E-state index contributed by atoms with van der Waals surface area (Å²) in [5.41, 5.74) is 0. The minimum atomic E-state index is -0.397. The fourth-order valence-electron chi connectivity index (χ4n) is 1.39. The molecule has 0 bridgehead atoms. The first-order chi connectivity index (χ1) is 7.60. The van der Waals surface area contributed by atoms with E-state index >= 15 is 0 Å². The van der Waals surface area contributed by atoms with E-state index in [0.717, 1.165) is 18.8 Å². The lowest BCUT2D eigenvalue weighted by molar-refractivity contribution is 0.0504. The Morgan fingerprint density at radius 3 is 2.69 bits per heavy atom. The third-order valence-electron chi connectivity index (χ3n) is 2.58. The zero-order valence-corrected chi connectivity index (χ0v) is 10.4. The second-order valence-electron chi connectivity index (χ2n) is 3.92. The van der Waals surface area contributed by atoms with Gasteiger partial charge in [-0.05, 0) is 19.8 Å². The van der Waals surface area contributed by atoms with Gasteiger partial charge in [-0.15, -0.1) is 10.2 Å². The van der Waals surface area contributed by atoms with Crippen molar-refractivity contribution in [2.75, 3.05) is 6.61 Å². The van der Waals surface area contributed by atoms with Gasteiger partial charge in [-0.3, -0.25) is 0 Å². The van der Waals surface area contributed by atoms with Crippen LogP contribution in [-0.2, 0) is 11.3 Å². The van der Waals surface area contributed by atoms with Gasteiger partial charge in [0.15, 0.2) is 0 Å². The Morgan fingerprint density at radius 1 is 1.44 bits per heavy atom. The van der Waals surface area contributed by atoms with Gasteiger partial charge in [-0.1, -0.05) is 20.3 Å². The number of esters is 1. The fraction of sp³-hybridized carbons (Fsp3) is 0.727. The smallest absolute Gasteiger partial charge is 0.376 e. The molecular weight excluding hydrogens is 206 g/mol. The molecule has 0 spiro atoms. The van der Waals surface area contributed by atoms with Crippen molar-refractivity contribution in [2.24, 2.45) is 5.92 Å². The van der Waals surface area contributed by atoms with Gasteiger partial charge in [0, 0.05) is 6.54 Å². The van der Waals surface area contributed by atoms with Crippen molar-refractivity contribution in [3.05, 3.63) is 11.6 Å². The molecule has 0 aromatic carbocycles. The molecule has 16 heavy (non-hydrogen) atoms. The van der Waals surface area contributed by atoms with Crippen molar-refractivity contribution < 1.29 is 9.53 Å². The highest BCUT2D eigenvalue weighted by atomic mass is 16.5.